The molecular formula is C19H16N4O3S2. The molecule has 28 heavy (non-hydrogen) atoms. The highest BCUT2D eigenvalue weighted by Gasteiger charge is 2.30. The minimum absolute atomic E-state index is 0.0587. The van der Waals surface area contributed by atoms with E-state index in [2.05, 4.69) is 9.36 Å². The van der Waals surface area contributed by atoms with Crippen molar-refractivity contribution in [2.45, 2.75) is 19.3 Å². The van der Waals surface area contributed by atoms with E-state index in [1.54, 1.807) is 23.2 Å². The third-order valence-electron chi connectivity index (χ3n) is 5.02. The molecule has 0 spiro atoms. The lowest BCUT2D eigenvalue weighted by molar-refractivity contribution is 0.0645. The maximum Gasteiger partial charge on any atom is 0.272 e. The largest absolute Gasteiger partial charge is 0.444 e. The average Bonchev–Trinajstić information content (AvgIpc) is 3.25. The van der Waals surface area contributed by atoms with Gasteiger partial charge in [-0.3, -0.25) is 9.59 Å². The average molecular weight is 412 g/mol. The summed E-state index contributed by atoms with van der Waals surface area (Å²) in [6.45, 7) is 1.57. The summed E-state index contributed by atoms with van der Waals surface area (Å²) >= 11 is 2.65. The highest BCUT2D eigenvalue weighted by Crippen LogP contribution is 2.49. The fraction of sp³-hybridized carbons (Fsp3) is 0.263. The topological polar surface area (TPSA) is 98.4 Å². The van der Waals surface area contributed by atoms with E-state index < -0.39 is 5.91 Å². The Morgan fingerprint density at radius 3 is 2.71 bits per heavy atom. The lowest BCUT2D eigenvalue weighted by atomic mass is 9.93. The molecule has 5 rings (SSSR count). The minimum Gasteiger partial charge on any atom is -0.444 e. The number of aromatic nitrogens is 2. The van der Waals surface area contributed by atoms with Crippen LogP contribution in [0, 0.1) is 0 Å². The molecule has 4 heterocycles. The number of thiophene rings is 1. The van der Waals surface area contributed by atoms with Gasteiger partial charge < -0.3 is 15.4 Å². The second kappa shape index (κ2) is 6.68. The van der Waals surface area contributed by atoms with E-state index in [0.717, 1.165) is 53.9 Å². The predicted octanol–water partition coefficient (Wildman–Crippen LogP) is 3.10. The van der Waals surface area contributed by atoms with Gasteiger partial charge in [-0.15, -0.1) is 0 Å². The number of likely N-dealkylation sites (tertiary alicyclic amines) is 1. The van der Waals surface area contributed by atoms with Crippen LogP contribution in [0.4, 0.5) is 0 Å². The van der Waals surface area contributed by atoms with E-state index in [9.17, 15) is 9.59 Å². The summed E-state index contributed by atoms with van der Waals surface area (Å²) < 4.78 is 10.4. The molecule has 0 saturated carbocycles. The number of hydrogen-bond donors (Lipinski definition) is 1. The van der Waals surface area contributed by atoms with Gasteiger partial charge >= 0.3 is 0 Å². The standard InChI is InChI=1S/C19H16N4O3S2/c20-17(24)16-12-4-2-10-8-22-28-15(10)14(12)19(27-16)26-11-3-5-13(21-9-11)18(25)23-6-1-7-23/h3,5,8-9H,1-2,4,6-7H2,(H2,20,24). The fourth-order valence-electron chi connectivity index (χ4n) is 3.44. The van der Waals surface area contributed by atoms with Crippen LogP contribution < -0.4 is 10.5 Å². The summed E-state index contributed by atoms with van der Waals surface area (Å²) in [5, 5.41) is 0.609. The molecule has 0 bridgehead atoms. The Morgan fingerprint density at radius 1 is 1.18 bits per heavy atom. The van der Waals surface area contributed by atoms with Crippen LogP contribution in [0.1, 0.15) is 37.7 Å². The zero-order valence-electron chi connectivity index (χ0n) is 14.8. The first-order valence-electron chi connectivity index (χ1n) is 8.94. The Labute approximate surface area is 168 Å². The van der Waals surface area contributed by atoms with E-state index in [1.165, 1.54) is 22.9 Å². The molecule has 9 heteroatoms. The summed E-state index contributed by atoms with van der Waals surface area (Å²) in [5.74, 6) is 0.00571. The molecule has 2 aliphatic rings. The Bertz CT molecular complexity index is 1080. The quantitative estimate of drug-likeness (QED) is 0.710. The zero-order chi connectivity index (χ0) is 19.3. The van der Waals surface area contributed by atoms with Crippen LogP contribution >= 0.6 is 22.9 Å². The fourth-order valence-corrected chi connectivity index (χ4v) is 5.45. The first-order valence-corrected chi connectivity index (χ1v) is 10.5. The van der Waals surface area contributed by atoms with Crippen LogP contribution in [-0.4, -0.2) is 39.2 Å². The SMILES string of the molecule is NC(=O)c1sc(Oc2ccc(C(=O)N3CCC3)nc2)c2c1CCc1cnsc1-2. The number of fused-ring (bicyclic) bond motifs is 3. The molecule has 142 valence electrons. The number of aryl methyl sites for hydroxylation is 1. The molecule has 7 nitrogen and oxygen atoms in total. The van der Waals surface area contributed by atoms with Crippen molar-refractivity contribution in [2.75, 3.05) is 13.1 Å². The van der Waals surface area contributed by atoms with Gasteiger partial charge in [0.2, 0.25) is 0 Å². The molecule has 1 aliphatic carbocycles. The number of hydrogen-bond acceptors (Lipinski definition) is 7. The number of rotatable bonds is 4. The Hall–Kier alpha value is -2.78. The van der Waals surface area contributed by atoms with Crippen LogP contribution in [-0.2, 0) is 12.8 Å². The molecule has 3 aromatic rings. The van der Waals surface area contributed by atoms with Crippen molar-refractivity contribution in [3.8, 4) is 21.3 Å². The summed E-state index contributed by atoms with van der Waals surface area (Å²) in [5.41, 5.74) is 8.99. The number of amides is 2. The number of ether oxygens (including phenoxy) is 1. The lowest BCUT2D eigenvalue weighted by Gasteiger charge is -2.30. The van der Waals surface area contributed by atoms with Gasteiger partial charge in [-0.25, -0.2) is 9.36 Å². The predicted molar refractivity (Wildman–Crippen MR) is 106 cm³/mol. The lowest BCUT2D eigenvalue weighted by Crippen LogP contribution is -2.42. The number of pyridine rings is 1. The van der Waals surface area contributed by atoms with Gasteiger partial charge in [-0.05, 0) is 54.1 Å². The molecule has 1 aliphatic heterocycles. The normalized spacial score (nSPS) is 14.8. The van der Waals surface area contributed by atoms with E-state index >= 15 is 0 Å². The van der Waals surface area contributed by atoms with Gasteiger partial charge in [0, 0.05) is 19.3 Å². The Morgan fingerprint density at radius 2 is 2.04 bits per heavy atom. The van der Waals surface area contributed by atoms with Crippen molar-refractivity contribution in [3.63, 3.8) is 0 Å². The van der Waals surface area contributed by atoms with Gasteiger partial charge in [-0.2, -0.15) is 0 Å². The van der Waals surface area contributed by atoms with Gasteiger partial charge in [0.05, 0.1) is 21.5 Å². The van der Waals surface area contributed by atoms with E-state index in [0.29, 0.717) is 21.4 Å². The second-order valence-corrected chi connectivity index (χ2v) is 8.53. The molecule has 0 atom stereocenters. The van der Waals surface area contributed by atoms with Gasteiger partial charge in [0.15, 0.2) is 5.06 Å². The van der Waals surface area contributed by atoms with Crippen molar-refractivity contribution in [2.24, 2.45) is 5.73 Å². The highest BCUT2D eigenvalue weighted by atomic mass is 32.1. The summed E-state index contributed by atoms with van der Waals surface area (Å²) in [6, 6.07) is 3.40. The third kappa shape index (κ3) is 2.78. The van der Waals surface area contributed by atoms with Gasteiger partial charge in [0.25, 0.3) is 11.8 Å². The highest BCUT2D eigenvalue weighted by molar-refractivity contribution is 7.17. The van der Waals surface area contributed by atoms with Crippen molar-refractivity contribution in [3.05, 3.63) is 46.2 Å². The van der Waals surface area contributed by atoms with Crippen LogP contribution in [0.5, 0.6) is 10.8 Å². The van der Waals surface area contributed by atoms with Crippen LogP contribution in [0.3, 0.4) is 0 Å². The molecule has 2 N–H and O–H groups in total. The molecule has 0 aromatic carbocycles. The van der Waals surface area contributed by atoms with Crippen molar-refractivity contribution < 1.29 is 14.3 Å². The molecular weight excluding hydrogens is 396 g/mol. The Kier molecular flexibility index (Phi) is 4.13. The number of carbonyl (C=O) groups excluding carboxylic acids is 2. The van der Waals surface area contributed by atoms with Crippen molar-refractivity contribution in [1.82, 2.24) is 14.3 Å². The number of primary amides is 1. The maximum atomic E-state index is 12.2. The smallest absolute Gasteiger partial charge is 0.272 e. The zero-order valence-corrected chi connectivity index (χ0v) is 16.4. The third-order valence-corrected chi connectivity index (χ3v) is 7.01. The second-order valence-electron chi connectivity index (χ2n) is 6.74. The van der Waals surface area contributed by atoms with E-state index in [-0.39, 0.29) is 5.91 Å². The first kappa shape index (κ1) is 17.3. The summed E-state index contributed by atoms with van der Waals surface area (Å²) in [4.78, 5) is 31.7. The Balaban J connectivity index is 1.47. The summed E-state index contributed by atoms with van der Waals surface area (Å²) in [6.07, 6.45) is 6.02. The number of carbonyl (C=O) groups is 2. The molecule has 0 unspecified atom stereocenters. The molecule has 1 saturated heterocycles. The number of nitrogens with zero attached hydrogens (tertiary/aromatic N) is 3. The van der Waals surface area contributed by atoms with Gasteiger partial charge in [0.1, 0.15) is 11.4 Å². The van der Waals surface area contributed by atoms with Crippen LogP contribution in [0.15, 0.2) is 24.5 Å². The molecule has 2 amide bonds. The van der Waals surface area contributed by atoms with Crippen molar-refractivity contribution in [1.29, 1.82) is 0 Å². The molecule has 3 aromatic heterocycles. The monoisotopic (exact) mass is 412 g/mol. The van der Waals surface area contributed by atoms with E-state index in [4.69, 9.17) is 10.5 Å². The molecule has 0 radical (unpaired) electrons. The van der Waals surface area contributed by atoms with Crippen LogP contribution in [0.25, 0.3) is 10.4 Å². The minimum atomic E-state index is -0.447. The molecule has 1 fully saturated rings. The summed E-state index contributed by atoms with van der Waals surface area (Å²) in [7, 11) is 0. The van der Waals surface area contributed by atoms with Crippen molar-refractivity contribution >= 4 is 34.7 Å². The number of nitrogens with two attached hydrogens (primary N) is 1. The van der Waals surface area contributed by atoms with Gasteiger partial charge in [-0.1, -0.05) is 11.3 Å². The maximum absolute atomic E-state index is 12.2. The first-order chi connectivity index (χ1) is 13.6. The van der Waals surface area contributed by atoms with E-state index in [1.807, 2.05) is 6.20 Å². The van der Waals surface area contributed by atoms with Crippen LogP contribution in [0.2, 0.25) is 0 Å².